The molecule has 0 saturated carbocycles. The Labute approximate surface area is 122 Å². The second kappa shape index (κ2) is 9.35. The number of benzene rings is 1. The van der Waals surface area contributed by atoms with Crippen LogP contribution in [-0.2, 0) is 14.9 Å². The molecule has 108 valence electrons. The summed E-state index contributed by atoms with van der Waals surface area (Å²) in [4.78, 5) is 0. The molecule has 0 aliphatic carbocycles. The minimum absolute atomic E-state index is 0.0768. The third-order valence-corrected chi connectivity index (χ3v) is 4.21. The van der Waals surface area contributed by atoms with E-state index in [1.54, 1.807) is 7.11 Å². The minimum Gasteiger partial charge on any atom is -0.382 e. The van der Waals surface area contributed by atoms with Gasteiger partial charge in [0.15, 0.2) is 0 Å². The fourth-order valence-corrected chi connectivity index (χ4v) is 2.79. The molecule has 3 heteroatoms. The van der Waals surface area contributed by atoms with E-state index in [1.165, 1.54) is 5.56 Å². The lowest BCUT2D eigenvalue weighted by Gasteiger charge is -2.31. The summed E-state index contributed by atoms with van der Waals surface area (Å²) in [5, 5.41) is 0. The average molecular weight is 285 g/mol. The minimum atomic E-state index is 0.0768. The molecule has 1 aromatic rings. The molecule has 0 saturated heterocycles. The summed E-state index contributed by atoms with van der Waals surface area (Å²) in [6, 6.07) is 10.6. The van der Waals surface area contributed by atoms with Crippen molar-refractivity contribution >= 4 is 11.6 Å². The molecule has 0 radical (unpaired) electrons. The monoisotopic (exact) mass is 284 g/mol. The van der Waals surface area contributed by atoms with E-state index >= 15 is 0 Å². The molecule has 1 rings (SSSR count). The summed E-state index contributed by atoms with van der Waals surface area (Å²) < 4.78 is 10.5. The van der Waals surface area contributed by atoms with Gasteiger partial charge < -0.3 is 9.47 Å². The first-order valence-electron chi connectivity index (χ1n) is 6.97. The third kappa shape index (κ3) is 5.13. The molecule has 19 heavy (non-hydrogen) atoms. The Bertz CT molecular complexity index is 323. The average Bonchev–Trinajstić information content (AvgIpc) is 2.48. The molecule has 0 aliphatic rings. The maximum absolute atomic E-state index is 6.26. The zero-order valence-electron chi connectivity index (χ0n) is 12.0. The SMILES string of the molecule is CCC(CCl)(CCCOCCOC)c1ccccc1. The zero-order valence-corrected chi connectivity index (χ0v) is 12.8. The fourth-order valence-electron chi connectivity index (χ4n) is 2.31. The van der Waals surface area contributed by atoms with E-state index < -0.39 is 0 Å². The van der Waals surface area contributed by atoms with Gasteiger partial charge >= 0.3 is 0 Å². The van der Waals surface area contributed by atoms with Crippen LogP contribution in [0.5, 0.6) is 0 Å². The topological polar surface area (TPSA) is 18.5 Å². The van der Waals surface area contributed by atoms with Crippen LogP contribution < -0.4 is 0 Å². The van der Waals surface area contributed by atoms with Crippen LogP contribution in [0.25, 0.3) is 0 Å². The van der Waals surface area contributed by atoms with Gasteiger partial charge in [0.1, 0.15) is 0 Å². The number of ether oxygens (including phenoxy) is 2. The molecule has 0 N–H and O–H groups in total. The first kappa shape index (κ1) is 16.5. The second-order valence-electron chi connectivity index (χ2n) is 4.84. The maximum Gasteiger partial charge on any atom is 0.0700 e. The van der Waals surface area contributed by atoms with E-state index in [4.69, 9.17) is 21.1 Å². The van der Waals surface area contributed by atoms with Crippen molar-refractivity contribution in [3.8, 4) is 0 Å². The number of rotatable bonds is 10. The van der Waals surface area contributed by atoms with Crippen LogP contribution in [0.4, 0.5) is 0 Å². The molecule has 0 amide bonds. The van der Waals surface area contributed by atoms with Crippen molar-refractivity contribution < 1.29 is 9.47 Å². The van der Waals surface area contributed by atoms with E-state index in [0.29, 0.717) is 19.1 Å². The normalized spacial score (nSPS) is 14.3. The van der Waals surface area contributed by atoms with Gasteiger partial charge in [-0.15, -0.1) is 11.6 Å². The smallest absolute Gasteiger partial charge is 0.0700 e. The van der Waals surface area contributed by atoms with Crippen molar-refractivity contribution in [1.29, 1.82) is 0 Å². The number of alkyl halides is 1. The number of hydrogen-bond acceptors (Lipinski definition) is 2. The first-order valence-corrected chi connectivity index (χ1v) is 7.50. The van der Waals surface area contributed by atoms with Crippen LogP contribution in [0.2, 0.25) is 0 Å². The lowest BCUT2D eigenvalue weighted by atomic mass is 9.76. The molecule has 1 aromatic carbocycles. The molecule has 0 spiro atoms. The van der Waals surface area contributed by atoms with Crippen LogP contribution in [0.15, 0.2) is 30.3 Å². The number of methoxy groups -OCH3 is 1. The maximum atomic E-state index is 6.26. The Morgan fingerprint density at radius 1 is 1.11 bits per heavy atom. The van der Waals surface area contributed by atoms with Gasteiger partial charge in [0.25, 0.3) is 0 Å². The highest BCUT2D eigenvalue weighted by atomic mass is 35.5. The van der Waals surface area contributed by atoms with Crippen molar-refractivity contribution in [3.63, 3.8) is 0 Å². The van der Waals surface area contributed by atoms with Gasteiger partial charge in [-0.2, -0.15) is 0 Å². The highest BCUT2D eigenvalue weighted by molar-refractivity contribution is 6.18. The molecule has 0 aromatic heterocycles. The molecule has 0 heterocycles. The predicted octanol–water partition coefficient (Wildman–Crippen LogP) is 4.02. The lowest BCUT2D eigenvalue weighted by Crippen LogP contribution is -2.28. The van der Waals surface area contributed by atoms with Gasteiger partial charge in [-0.1, -0.05) is 37.3 Å². The molecule has 0 bridgehead atoms. The van der Waals surface area contributed by atoms with E-state index in [-0.39, 0.29) is 5.41 Å². The van der Waals surface area contributed by atoms with Crippen LogP contribution in [-0.4, -0.2) is 32.8 Å². The van der Waals surface area contributed by atoms with Crippen LogP contribution in [0, 0.1) is 0 Å². The summed E-state index contributed by atoms with van der Waals surface area (Å²) in [5.74, 6) is 0.658. The number of hydrogen-bond donors (Lipinski definition) is 0. The van der Waals surface area contributed by atoms with Gasteiger partial charge in [-0.3, -0.25) is 0 Å². The first-order chi connectivity index (χ1) is 9.29. The van der Waals surface area contributed by atoms with Crippen molar-refractivity contribution in [2.45, 2.75) is 31.6 Å². The summed E-state index contributed by atoms with van der Waals surface area (Å²) >= 11 is 6.26. The Morgan fingerprint density at radius 3 is 2.42 bits per heavy atom. The molecular formula is C16H25ClO2. The van der Waals surface area contributed by atoms with Gasteiger partial charge in [-0.05, 0) is 24.8 Å². The molecule has 0 fully saturated rings. The van der Waals surface area contributed by atoms with Gasteiger partial charge in [-0.25, -0.2) is 0 Å². The highest BCUT2D eigenvalue weighted by Crippen LogP contribution is 2.34. The quantitative estimate of drug-likeness (QED) is 0.477. The van der Waals surface area contributed by atoms with Crippen LogP contribution >= 0.6 is 11.6 Å². The van der Waals surface area contributed by atoms with Crippen LogP contribution in [0.3, 0.4) is 0 Å². The van der Waals surface area contributed by atoms with Crippen molar-refractivity contribution in [2.24, 2.45) is 0 Å². The Morgan fingerprint density at radius 2 is 1.84 bits per heavy atom. The van der Waals surface area contributed by atoms with E-state index in [9.17, 15) is 0 Å². The highest BCUT2D eigenvalue weighted by Gasteiger charge is 2.28. The van der Waals surface area contributed by atoms with Crippen molar-refractivity contribution in [2.75, 3.05) is 32.8 Å². The predicted molar refractivity (Wildman–Crippen MR) is 81.1 cm³/mol. The van der Waals surface area contributed by atoms with E-state index in [2.05, 4.69) is 31.2 Å². The Balaban J connectivity index is 2.48. The fraction of sp³-hybridized carbons (Fsp3) is 0.625. The van der Waals surface area contributed by atoms with Crippen molar-refractivity contribution in [1.82, 2.24) is 0 Å². The van der Waals surface area contributed by atoms with Crippen molar-refractivity contribution in [3.05, 3.63) is 35.9 Å². The Kier molecular flexibility index (Phi) is 8.11. The van der Waals surface area contributed by atoms with Crippen LogP contribution in [0.1, 0.15) is 31.7 Å². The lowest BCUT2D eigenvalue weighted by molar-refractivity contribution is 0.0666. The third-order valence-electron chi connectivity index (χ3n) is 3.69. The van der Waals surface area contributed by atoms with E-state index in [0.717, 1.165) is 25.9 Å². The largest absolute Gasteiger partial charge is 0.382 e. The summed E-state index contributed by atoms with van der Waals surface area (Å²) in [5.41, 5.74) is 1.41. The molecular weight excluding hydrogens is 260 g/mol. The summed E-state index contributed by atoms with van der Waals surface area (Å²) in [6.45, 7) is 4.31. The molecule has 0 aliphatic heterocycles. The Hall–Kier alpha value is -0.570. The van der Waals surface area contributed by atoms with Gasteiger partial charge in [0.05, 0.1) is 13.2 Å². The standard InChI is InChI=1S/C16H25ClO2/c1-3-16(14-17,15-8-5-4-6-9-15)10-7-11-19-13-12-18-2/h4-6,8-9H,3,7,10-14H2,1-2H3. The number of halogens is 1. The molecule has 2 nitrogen and oxygen atoms in total. The zero-order chi connectivity index (χ0) is 14.0. The summed E-state index contributed by atoms with van der Waals surface area (Å²) in [7, 11) is 1.69. The second-order valence-corrected chi connectivity index (χ2v) is 5.11. The molecule has 1 atom stereocenters. The van der Waals surface area contributed by atoms with Gasteiger partial charge in [0, 0.05) is 25.0 Å². The summed E-state index contributed by atoms with van der Waals surface area (Å²) in [6.07, 6.45) is 3.14. The molecule has 1 unspecified atom stereocenters. The van der Waals surface area contributed by atoms with Gasteiger partial charge in [0.2, 0.25) is 0 Å². The van der Waals surface area contributed by atoms with E-state index in [1.807, 2.05) is 6.07 Å².